The van der Waals surface area contributed by atoms with Gasteiger partial charge in [-0.1, -0.05) is 114 Å². The maximum absolute atomic E-state index is 14.8. The van der Waals surface area contributed by atoms with Crippen molar-refractivity contribution in [3.05, 3.63) is 95.1 Å². The number of hydrogen-bond acceptors (Lipinski definition) is 0. The van der Waals surface area contributed by atoms with Gasteiger partial charge in [-0.15, -0.1) is 0 Å². The molecule has 0 nitrogen and oxygen atoms in total. The first-order valence-electron chi connectivity index (χ1n) is 10.3. The monoisotopic (exact) mass is 404 g/mol. The van der Waals surface area contributed by atoms with Gasteiger partial charge in [0.05, 0.1) is 0 Å². The maximum Gasteiger partial charge on any atom is 0.166 e. The van der Waals surface area contributed by atoms with Gasteiger partial charge >= 0.3 is 0 Å². The van der Waals surface area contributed by atoms with E-state index in [4.69, 9.17) is 0 Å². The normalized spacial score (nSPS) is 13.2. The summed E-state index contributed by atoms with van der Waals surface area (Å²) in [5, 5.41) is 0. The third-order valence-corrected chi connectivity index (χ3v) is 5.42. The van der Waals surface area contributed by atoms with Gasteiger partial charge in [0.2, 0.25) is 0 Å². The Bertz CT molecular complexity index is 1020. The van der Waals surface area contributed by atoms with Gasteiger partial charge in [0.25, 0.3) is 0 Å². The molecule has 0 radical (unpaired) electrons. The smallest absolute Gasteiger partial charge is 0.166 e. The van der Waals surface area contributed by atoms with Gasteiger partial charge in [0, 0.05) is 11.1 Å². The summed E-state index contributed by atoms with van der Waals surface area (Å²) in [5.41, 5.74) is 4.93. The van der Waals surface area contributed by atoms with Crippen LogP contribution in [0.3, 0.4) is 0 Å². The van der Waals surface area contributed by atoms with Crippen LogP contribution in [-0.2, 0) is 10.8 Å². The van der Waals surface area contributed by atoms with E-state index in [1.807, 2.05) is 24.3 Å². The Balaban J connectivity index is 1.84. The second-order valence-corrected chi connectivity index (χ2v) is 9.86. The van der Waals surface area contributed by atoms with Crippen molar-refractivity contribution >= 4 is 11.7 Å². The molecule has 0 atom stereocenters. The lowest BCUT2D eigenvalue weighted by Gasteiger charge is -2.19. The molecule has 0 aliphatic heterocycles. The first kappa shape index (κ1) is 22.0. The molecule has 3 rings (SSSR count). The summed E-state index contributed by atoms with van der Waals surface area (Å²) in [7, 11) is 0. The van der Waals surface area contributed by atoms with Crippen LogP contribution in [0.5, 0.6) is 0 Å². The topological polar surface area (TPSA) is 0 Å². The molecule has 0 aromatic heterocycles. The lowest BCUT2D eigenvalue weighted by Crippen LogP contribution is -2.10. The number of halogens is 2. The molecule has 0 unspecified atom stereocenters. The second-order valence-electron chi connectivity index (χ2n) is 9.86. The fraction of sp³-hybridized carbons (Fsp3) is 0.286. The summed E-state index contributed by atoms with van der Waals surface area (Å²) in [6.45, 7) is 12.8. The summed E-state index contributed by atoms with van der Waals surface area (Å²) < 4.78 is 29.5. The lowest BCUT2D eigenvalue weighted by molar-refractivity contribution is 0.590. The zero-order valence-corrected chi connectivity index (χ0v) is 18.7. The molecule has 0 aliphatic rings. The summed E-state index contributed by atoms with van der Waals surface area (Å²) in [4.78, 5) is 0. The SMILES string of the molecule is CC(C)(C)c1ccc(C(F)=C(F)c2ccc(-c3ccc(C(C)(C)C)cc3)cc2)cc1. The summed E-state index contributed by atoms with van der Waals surface area (Å²) in [6, 6.07) is 22.3. The Morgan fingerprint density at radius 3 is 1.07 bits per heavy atom. The third-order valence-electron chi connectivity index (χ3n) is 5.42. The molecule has 0 fully saturated rings. The summed E-state index contributed by atoms with van der Waals surface area (Å²) in [5.74, 6) is -1.68. The first-order chi connectivity index (χ1) is 14.0. The Hall–Kier alpha value is -2.74. The lowest BCUT2D eigenvalue weighted by atomic mass is 9.86. The fourth-order valence-electron chi connectivity index (χ4n) is 3.34. The van der Waals surface area contributed by atoms with Crippen LogP contribution in [0, 0.1) is 0 Å². The van der Waals surface area contributed by atoms with Crippen molar-refractivity contribution in [2.24, 2.45) is 0 Å². The highest BCUT2D eigenvalue weighted by atomic mass is 19.2. The van der Waals surface area contributed by atoms with E-state index in [9.17, 15) is 8.78 Å². The van der Waals surface area contributed by atoms with Crippen LogP contribution in [-0.4, -0.2) is 0 Å². The Labute approximate surface area is 179 Å². The first-order valence-corrected chi connectivity index (χ1v) is 10.3. The van der Waals surface area contributed by atoms with E-state index in [2.05, 4.69) is 65.8 Å². The van der Waals surface area contributed by atoms with E-state index >= 15 is 0 Å². The Morgan fingerprint density at radius 1 is 0.467 bits per heavy atom. The molecule has 30 heavy (non-hydrogen) atoms. The van der Waals surface area contributed by atoms with Gasteiger partial charge in [0.15, 0.2) is 11.7 Å². The van der Waals surface area contributed by atoms with E-state index in [0.717, 1.165) is 16.7 Å². The van der Waals surface area contributed by atoms with Crippen molar-refractivity contribution in [3.63, 3.8) is 0 Å². The predicted molar refractivity (Wildman–Crippen MR) is 125 cm³/mol. The van der Waals surface area contributed by atoms with Gasteiger partial charge < -0.3 is 0 Å². The predicted octanol–water partition coefficient (Wildman–Crippen LogP) is 8.71. The van der Waals surface area contributed by atoms with Crippen LogP contribution in [0.25, 0.3) is 22.8 Å². The number of rotatable bonds is 3. The van der Waals surface area contributed by atoms with Gasteiger partial charge in [-0.05, 0) is 33.1 Å². The molecular weight excluding hydrogens is 374 g/mol. The zero-order valence-electron chi connectivity index (χ0n) is 18.7. The van der Waals surface area contributed by atoms with Crippen LogP contribution in [0.2, 0.25) is 0 Å². The fourth-order valence-corrected chi connectivity index (χ4v) is 3.34. The van der Waals surface area contributed by atoms with Crippen LogP contribution in [0.1, 0.15) is 63.8 Å². The van der Waals surface area contributed by atoms with E-state index in [0.29, 0.717) is 0 Å². The second kappa shape index (κ2) is 8.18. The van der Waals surface area contributed by atoms with E-state index < -0.39 is 11.7 Å². The van der Waals surface area contributed by atoms with Crippen LogP contribution >= 0.6 is 0 Å². The molecule has 3 aromatic rings. The van der Waals surface area contributed by atoms with Crippen molar-refractivity contribution < 1.29 is 8.78 Å². The molecule has 0 aliphatic carbocycles. The molecule has 0 saturated carbocycles. The van der Waals surface area contributed by atoms with Crippen molar-refractivity contribution in [2.45, 2.75) is 52.4 Å². The third kappa shape index (κ3) is 4.87. The molecule has 0 spiro atoms. The number of hydrogen-bond donors (Lipinski definition) is 0. The Morgan fingerprint density at radius 2 is 0.733 bits per heavy atom. The zero-order chi connectivity index (χ0) is 22.1. The van der Waals surface area contributed by atoms with E-state index in [-0.39, 0.29) is 22.0 Å². The number of benzene rings is 3. The molecule has 3 aromatic carbocycles. The molecule has 2 heteroatoms. The molecule has 156 valence electrons. The minimum absolute atomic E-state index is 0.0296. The average molecular weight is 405 g/mol. The highest BCUT2D eigenvalue weighted by Gasteiger charge is 2.16. The minimum Gasteiger partial charge on any atom is -0.203 e. The van der Waals surface area contributed by atoms with Crippen molar-refractivity contribution in [1.82, 2.24) is 0 Å². The van der Waals surface area contributed by atoms with Crippen LogP contribution in [0.15, 0.2) is 72.8 Å². The van der Waals surface area contributed by atoms with Crippen LogP contribution < -0.4 is 0 Å². The standard InChI is InChI=1S/C28H30F2/c1-27(2,3)23-15-11-20(12-16-23)19-7-9-21(10-8-19)25(29)26(30)22-13-17-24(18-14-22)28(4,5)6/h7-18H,1-6H3. The van der Waals surface area contributed by atoms with E-state index in [1.165, 1.54) is 5.56 Å². The van der Waals surface area contributed by atoms with Gasteiger partial charge in [-0.2, -0.15) is 0 Å². The van der Waals surface area contributed by atoms with Crippen molar-refractivity contribution in [1.29, 1.82) is 0 Å². The quantitative estimate of drug-likeness (QED) is 0.383. The van der Waals surface area contributed by atoms with Crippen molar-refractivity contribution in [3.8, 4) is 11.1 Å². The maximum atomic E-state index is 14.8. The highest BCUT2D eigenvalue weighted by Crippen LogP contribution is 2.32. The van der Waals surface area contributed by atoms with Crippen LogP contribution in [0.4, 0.5) is 8.78 Å². The minimum atomic E-state index is -0.840. The van der Waals surface area contributed by atoms with Gasteiger partial charge in [-0.3, -0.25) is 0 Å². The highest BCUT2D eigenvalue weighted by molar-refractivity contribution is 5.83. The summed E-state index contributed by atoms with van der Waals surface area (Å²) >= 11 is 0. The molecular formula is C28H30F2. The van der Waals surface area contributed by atoms with Gasteiger partial charge in [-0.25, -0.2) is 8.78 Å². The average Bonchev–Trinajstić information content (AvgIpc) is 2.72. The van der Waals surface area contributed by atoms with E-state index in [1.54, 1.807) is 24.3 Å². The Kier molecular flexibility index (Phi) is 5.99. The molecule has 0 amide bonds. The largest absolute Gasteiger partial charge is 0.203 e. The van der Waals surface area contributed by atoms with Crippen molar-refractivity contribution in [2.75, 3.05) is 0 Å². The van der Waals surface area contributed by atoms with Gasteiger partial charge in [0.1, 0.15) is 0 Å². The molecule has 0 heterocycles. The molecule has 0 N–H and O–H groups in total. The molecule has 0 saturated heterocycles. The molecule has 0 bridgehead atoms. The summed E-state index contributed by atoms with van der Waals surface area (Å²) in [6.07, 6.45) is 0.